The molecule has 4 rings (SSSR count). The molecule has 0 fully saturated rings. The fourth-order valence-corrected chi connectivity index (χ4v) is 3.06. The van der Waals surface area contributed by atoms with Crippen molar-refractivity contribution in [2.24, 2.45) is 0 Å². The summed E-state index contributed by atoms with van der Waals surface area (Å²) in [4.78, 5) is 4.64. The van der Waals surface area contributed by atoms with Gasteiger partial charge in [0.1, 0.15) is 10.8 Å². The Bertz CT molecular complexity index is 966. The Morgan fingerprint density at radius 1 is 1.05 bits per heavy atom. The Balaban J connectivity index is 1.85. The topological polar surface area (TPSA) is 56.0 Å². The molecule has 0 aliphatic carbocycles. The number of nitrogens with zero attached hydrogens (tertiary/aromatic N) is 5. The molecule has 0 atom stereocenters. The average molecular weight is 332 g/mol. The van der Waals surface area contributed by atoms with Crippen LogP contribution in [0.4, 0.5) is 4.39 Å². The van der Waals surface area contributed by atoms with Gasteiger partial charge in [-0.2, -0.15) is 9.61 Å². The lowest BCUT2D eigenvalue weighted by Gasteiger charge is -1.98. The van der Waals surface area contributed by atoms with Gasteiger partial charge in [0, 0.05) is 23.5 Å². The maximum absolute atomic E-state index is 13.3. The molecule has 0 N–H and O–H groups in total. The summed E-state index contributed by atoms with van der Waals surface area (Å²) in [5.74, 6) is 0.180. The zero-order valence-electron chi connectivity index (χ0n) is 10.9. The van der Waals surface area contributed by atoms with Gasteiger partial charge in [0.15, 0.2) is 5.82 Å². The summed E-state index contributed by atoms with van der Waals surface area (Å²) in [5, 5.41) is 13.5. The van der Waals surface area contributed by atoms with Gasteiger partial charge in [-0.25, -0.2) is 4.39 Å². The van der Waals surface area contributed by atoms with Gasteiger partial charge >= 0.3 is 0 Å². The van der Waals surface area contributed by atoms with Crippen LogP contribution in [0.2, 0.25) is 5.02 Å². The Labute approximate surface area is 133 Å². The zero-order valence-corrected chi connectivity index (χ0v) is 12.5. The van der Waals surface area contributed by atoms with Gasteiger partial charge in [-0.05, 0) is 30.3 Å². The van der Waals surface area contributed by atoms with Crippen molar-refractivity contribution in [2.75, 3.05) is 0 Å². The molecule has 0 bridgehead atoms. The van der Waals surface area contributed by atoms with Crippen molar-refractivity contribution in [2.45, 2.75) is 0 Å². The van der Waals surface area contributed by atoms with Gasteiger partial charge in [0.2, 0.25) is 4.96 Å². The van der Waals surface area contributed by atoms with E-state index in [1.54, 1.807) is 29.0 Å². The molecule has 5 nitrogen and oxygen atoms in total. The molecule has 1 aromatic carbocycles. The van der Waals surface area contributed by atoms with Crippen LogP contribution in [0.25, 0.3) is 26.9 Å². The SMILES string of the molecule is Fc1ccc(-c2nn3c(-c4ccncc4)nnc3s2)cc1Cl. The predicted molar refractivity (Wildman–Crippen MR) is 82.3 cm³/mol. The number of hydrogen-bond acceptors (Lipinski definition) is 5. The fraction of sp³-hybridized carbons (Fsp3) is 0. The van der Waals surface area contributed by atoms with Crippen LogP contribution >= 0.6 is 22.9 Å². The van der Waals surface area contributed by atoms with Crippen LogP contribution in [0.15, 0.2) is 42.7 Å². The van der Waals surface area contributed by atoms with Crippen molar-refractivity contribution >= 4 is 27.9 Å². The van der Waals surface area contributed by atoms with Gasteiger partial charge in [0.05, 0.1) is 5.02 Å². The first-order valence-corrected chi connectivity index (χ1v) is 7.50. The summed E-state index contributed by atoms with van der Waals surface area (Å²) in [6, 6.07) is 8.19. The molecule has 0 saturated carbocycles. The average Bonchev–Trinajstić information content (AvgIpc) is 3.11. The highest BCUT2D eigenvalue weighted by molar-refractivity contribution is 7.19. The maximum atomic E-state index is 13.3. The van der Waals surface area contributed by atoms with Crippen LogP contribution in [-0.2, 0) is 0 Å². The molecule has 3 heterocycles. The molecule has 0 aliphatic rings. The first-order valence-electron chi connectivity index (χ1n) is 6.30. The third-order valence-electron chi connectivity index (χ3n) is 3.10. The minimum Gasteiger partial charge on any atom is -0.265 e. The van der Waals surface area contributed by atoms with E-state index in [1.807, 2.05) is 12.1 Å². The number of aromatic nitrogens is 5. The maximum Gasteiger partial charge on any atom is 0.235 e. The van der Waals surface area contributed by atoms with E-state index in [-0.39, 0.29) is 5.02 Å². The second-order valence-corrected chi connectivity index (χ2v) is 5.85. The number of halogens is 2. The van der Waals surface area contributed by atoms with Crippen molar-refractivity contribution in [3.8, 4) is 22.0 Å². The summed E-state index contributed by atoms with van der Waals surface area (Å²) in [7, 11) is 0. The molecule has 0 spiro atoms. The standard InChI is InChI=1S/C14H7ClFN5S/c15-10-7-9(1-2-11(10)16)13-20-21-12(18-19-14(21)22-13)8-3-5-17-6-4-8/h1-7H. The van der Waals surface area contributed by atoms with Crippen molar-refractivity contribution < 1.29 is 4.39 Å². The van der Waals surface area contributed by atoms with E-state index in [0.717, 1.165) is 11.1 Å². The fourth-order valence-electron chi connectivity index (χ4n) is 2.04. The van der Waals surface area contributed by atoms with E-state index in [2.05, 4.69) is 20.3 Å². The molecule has 108 valence electrons. The molecule has 0 radical (unpaired) electrons. The van der Waals surface area contributed by atoms with E-state index in [0.29, 0.717) is 15.8 Å². The first kappa shape index (κ1) is 13.3. The van der Waals surface area contributed by atoms with Gasteiger partial charge in [-0.1, -0.05) is 22.9 Å². The van der Waals surface area contributed by atoms with Crippen LogP contribution in [0, 0.1) is 5.82 Å². The van der Waals surface area contributed by atoms with Gasteiger partial charge < -0.3 is 0 Å². The third-order valence-corrected chi connectivity index (χ3v) is 4.33. The van der Waals surface area contributed by atoms with Crippen LogP contribution in [0.1, 0.15) is 0 Å². The number of pyridine rings is 1. The monoisotopic (exact) mass is 331 g/mol. The van der Waals surface area contributed by atoms with E-state index < -0.39 is 5.82 Å². The first-order chi connectivity index (χ1) is 10.7. The molecular weight excluding hydrogens is 325 g/mol. The Hall–Kier alpha value is -2.38. The number of benzene rings is 1. The molecule has 22 heavy (non-hydrogen) atoms. The lowest BCUT2D eigenvalue weighted by atomic mass is 10.2. The van der Waals surface area contributed by atoms with Gasteiger partial charge in [0.25, 0.3) is 0 Å². The zero-order chi connectivity index (χ0) is 15.1. The molecule has 3 aromatic heterocycles. The lowest BCUT2D eigenvalue weighted by Crippen LogP contribution is -1.91. The minimum atomic E-state index is -0.453. The minimum absolute atomic E-state index is 0.0674. The normalized spacial score (nSPS) is 11.2. The molecule has 4 aromatic rings. The quantitative estimate of drug-likeness (QED) is 0.562. The van der Waals surface area contributed by atoms with E-state index in [4.69, 9.17) is 11.6 Å². The lowest BCUT2D eigenvalue weighted by molar-refractivity contribution is 0.628. The third kappa shape index (κ3) is 2.15. The van der Waals surface area contributed by atoms with Gasteiger partial charge in [-0.3, -0.25) is 4.98 Å². The number of hydrogen-bond donors (Lipinski definition) is 0. The van der Waals surface area contributed by atoms with Crippen molar-refractivity contribution in [1.82, 2.24) is 24.8 Å². The summed E-state index contributed by atoms with van der Waals surface area (Å²) in [5.41, 5.74) is 1.61. The predicted octanol–water partition coefficient (Wildman–Crippen LogP) is 3.71. The summed E-state index contributed by atoms with van der Waals surface area (Å²) in [6.45, 7) is 0. The van der Waals surface area contributed by atoms with Crippen LogP contribution in [0.3, 0.4) is 0 Å². The Kier molecular flexibility index (Phi) is 3.09. The highest BCUT2D eigenvalue weighted by Crippen LogP contribution is 2.30. The van der Waals surface area contributed by atoms with E-state index in [1.165, 1.54) is 17.4 Å². The van der Waals surface area contributed by atoms with Gasteiger partial charge in [-0.15, -0.1) is 10.2 Å². The summed E-state index contributed by atoms with van der Waals surface area (Å²) >= 11 is 7.19. The van der Waals surface area contributed by atoms with Crippen LogP contribution in [-0.4, -0.2) is 24.8 Å². The Morgan fingerprint density at radius 3 is 2.64 bits per heavy atom. The van der Waals surface area contributed by atoms with Crippen molar-refractivity contribution in [3.63, 3.8) is 0 Å². The second-order valence-electron chi connectivity index (χ2n) is 4.49. The second kappa shape index (κ2) is 5.11. The molecule has 0 saturated heterocycles. The molecular formula is C14H7ClFN5S. The van der Waals surface area contributed by atoms with E-state index in [9.17, 15) is 4.39 Å². The molecule has 0 amide bonds. The van der Waals surface area contributed by atoms with Crippen molar-refractivity contribution in [3.05, 3.63) is 53.6 Å². The molecule has 0 aliphatic heterocycles. The smallest absolute Gasteiger partial charge is 0.235 e. The largest absolute Gasteiger partial charge is 0.265 e. The molecule has 8 heteroatoms. The van der Waals surface area contributed by atoms with Crippen LogP contribution < -0.4 is 0 Å². The van der Waals surface area contributed by atoms with Crippen molar-refractivity contribution in [1.29, 1.82) is 0 Å². The molecule has 0 unspecified atom stereocenters. The summed E-state index contributed by atoms with van der Waals surface area (Å²) in [6.07, 6.45) is 3.37. The van der Waals surface area contributed by atoms with E-state index >= 15 is 0 Å². The highest BCUT2D eigenvalue weighted by Gasteiger charge is 2.15. The number of rotatable bonds is 2. The Morgan fingerprint density at radius 2 is 1.86 bits per heavy atom. The summed E-state index contributed by atoms with van der Waals surface area (Å²) < 4.78 is 14.9. The number of fused-ring (bicyclic) bond motifs is 1. The van der Waals surface area contributed by atoms with Crippen LogP contribution in [0.5, 0.6) is 0 Å². The highest BCUT2D eigenvalue weighted by atomic mass is 35.5.